The van der Waals surface area contributed by atoms with E-state index in [1.54, 1.807) is 0 Å². The molecule has 0 heterocycles. The summed E-state index contributed by atoms with van der Waals surface area (Å²) in [4.78, 5) is 11.5. The van der Waals surface area contributed by atoms with E-state index in [1.165, 1.54) is 5.56 Å². The van der Waals surface area contributed by atoms with Gasteiger partial charge in [-0.05, 0) is 30.0 Å². The van der Waals surface area contributed by atoms with Crippen LogP contribution in [0.15, 0.2) is 54.6 Å². The van der Waals surface area contributed by atoms with Gasteiger partial charge in [0.2, 0.25) is 0 Å². The first-order valence-corrected chi connectivity index (χ1v) is 7.24. The topological polar surface area (TPSA) is 49.3 Å². The van der Waals surface area contributed by atoms with E-state index in [9.17, 15) is 9.90 Å². The molecule has 2 rings (SSSR count). The second kappa shape index (κ2) is 7.04. The molecule has 3 nitrogen and oxygen atoms in total. The first kappa shape index (κ1) is 15.3. The van der Waals surface area contributed by atoms with Gasteiger partial charge in [-0.3, -0.25) is 10.1 Å². The maximum Gasteiger partial charge on any atom is 0.325 e. The van der Waals surface area contributed by atoms with Crippen LogP contribution in [-0.2, 0) is 11.2 Å². The van der Waals surface area contributed by atoms with Crippen LogP contribution in [0, 0.1) is 0 Å². The maximum atomic E-state index is 11.5. The largest absolute Gasteiger partial charge is 0.480 e. The molecular weight excluding hydrogens is 262 g/mol. The molecule has 0 bridgehead atoms. The van der Waals surface area contributed by atoms with Gasteiger partial charge in [-0.25, -0.2) is 0 Å². The van der Waals surface area contributed by atoms with Crippen molar-refractivity contribution in [1.29, 1.82) is 0 Å². The summed E-state index contributed by atoms with van der Waals surface area (Å²) in [6.07, 6.45) is 1.00. The van der Waals surface area contributed by atoms with Crippen LogP contribution >= 0.6 is 0 Å². The third kappa shape index (κ3) is 3.92. The van der Waals surface area contributed by atoms with Crippen LogP contribution in [0.2, 0.25) is 0 Å². The van der Waals surface area contributed by atoms with Gasteiger partial charge in [-0.1, -0.05) is 61.5 Å². The van der Waals surface area contributed by atoms with Gasteiger partial charge in [0, 0.05) is 6.04 Å². The SMILES string of the molecule is CCc1ccc(C(C)NC(C(=O)O)c2ccccc2)cc1. The Kier molecular flexibility index (Phi) is 5.12. The summed E-state index contributed by atoms with van der Waals surface area (Å²) in [6, 6.07) is 16.8. The fourth-order valence-electron chi connectivity index (χ4n) is 2.34. The third-order valence-electron chi connectivity index (χ3n) is 3.68. The molecule has 0 radical (unpaired) electrons. The van der Waals surface area contributed by atoms with Gasteiger partial charge >= 0.3 is 5.97 Å². The highest BCUT2D eigenvalue weighted by atomic mass is 16.4. The van der Waals surface area contributed by atoms with Crippen LogP contribution in [0.4, 0.5) is 0 Å². The van der Waals surface area contributed by atoms with E-state index in [1.807, 2.05) is 37.3 Å². The Morgan fingerprint density at radius 2 is 1.67 bits per heavy atom. The molecule has 2 N–H and O–H groups in total. The number of aryl methyl sites for hydroxylation is 1. The van der Waals surface area contributed by atoms with Crippen molar-refractivity contribution in [3.05, 3.63) is 71.3 Å². The zero-order chi connectivity index (χ0) is 15.2. The zero-order valence-electron chi connectivity index (χ0n) is 12.4. The third-order valence-corrected chi connectivity index (χ3v) is 3.68. The number of nitrogens with one attached hydrogen (secondary N) is 1. The van der Waals surface area contributed by atoms with Crippen molar-refractivity contribution in [3.8, 4) is 0 Å². The maximum absolute atomic E-state index is 11.5. The Balaban J connectivity index is 2.14. The van der Waals surface area contributed by atoms with Crippen molar-refractivity contribution in [2.45, 2.75) is 32.4 Å². The van der Waals surface area contributed by atoms with Crippen LogP contribution in [0.25, 0.3) is 0 Å². The molecule has 0 spiro atoms. The number of hydrogen-bond acceptors (Lipinski definition) is 2. The lowest BCUT2D eigenvalue weighted by Crippen LogP contribution is -2.30. The molecule has 0 fully saturated rings. The predicted molar refractivity (Wildman–Crippen MR) is 84.2 cm³/mol. The highest BCUT2D eigenvalue weighted by Crippen LogP contribution is 2.20. The van der Waals surface area contributed by atoms with Crippen LogP contribution in [0.1, 0.15) is 42.6 Å². The number of hydrogen-bond donors (Lipinski definition) is 2. The second-order valence-corrected chi connectivity index (χ2v) is 5.17. The summed E-state index contributed by atoms with van der Waals surface area (Å²) >= 11 is 0. The van der Waals surface area contributed by atoms with Crippen molar-refractivity contribution >= 4 is 5.97 Å². The fraction of sp³-hybridized carbons (Fsp3) is 0.278. The lowest BCUT2D eigenvalue weighted by atomic mass is 10.0. The van der Waals surface area contributed by atoms with E-state index in [2.05, 4.69) is 36.5 Å². The van der Waals surface area contributed by atoms with E-state index in [4.69, 9.17) is 0 Å². The molecule has 0 aromatic heterocycles. The van der Waals surface area contributed by atoms with Gasteiger partial charge in [0.15, 0.2) is 0 Å². The van der Waals surface area contributed by atoms with Crippen LogP contribution in [0.5, 0.6) is 0 Å². The molecule has 21 heavy (non-hydrogen) atoms. The minimum atomic E-state index is -0.863. The molecular formula is C18H21NO2. The van der Waals surface area contributed by atoms with Gasteiger partial charge in [-0.15, -0.1) is 0 Å². The Bertz CT molecular complexity index is 578. The summed E-state index contributed by atoms with van der Waals surface area (Å²) in [5.41, 5.74) is 3.14. The van der Waals surface area contributed by atoms with Gasteiger partial charge in [0.25, 0.3) is 0 Å². The molecule has 2 aromatic rings. The number of benzene rings is 2. The average Bonchev–Trinajstić information content (AvgIpc) is 2.53. The van der Waals surface area contributed by atoms with Crippen molar-refractivity contribution in [2.24, 2.45) is 0 Å². The zero-order valence-corrected chi connectivity index (χ0v) is 12.4. The fourth-order valence-corrected chi connectivity index (χ4v) is 2.34. The highest BCUT2D eigenvalue weighted by molar-refractivity contribution is 5.75. The molecule has 2 unspecified atom stereocenters. The van der Waals surface area contributed by atoms with Gasteiger partial charge in [0.1, 0.15) is 6.04 Å². The van der Waals surface area contributed by atoms with E-state index in [0.29, 0.717) is 0 Å². The summed E-state index contributed by atoms with van der Waals surface area (Å²) in [7, 11) is 0. The van der Waals surface area contributed by atoms with E-state index in [0.717, 1.165) is 17.5 Å². The second-order valence-electron chi connectivity index (χ2n) is 5.17. The summed E-state index contributed by atoms with van der Waals surface area (Å²) in [5.74, 6) is -0.863. The molecule has 110 valence electrons. The molecule has 3 heteroatoms. The number of rotatable bonds is 6. The monoisotopic (exact) mass is 283 g/mol. The normalized spacial score (nSPS) is 13.6. The standard InChI is InChI=1S/C18H21NO2/c1-3-14-9-11-15(12-10-14)13(2)19-17(18(20)21)16-7-5-4-6-8-16/h4-13,17,19H,3H2,1-2H3,(H,20,21). The predicted octanol–water partition coefficient (Wildman–Crippen LogP) is 3.73. The number of carbonyl (C=O) groups is 1. The lowest BCUT2D eigenvalue weighted by Gasteiger charge is -2.21. The van der Waals surface area contributed by atoms with Crippen LogP contribution < -0.4 is 5.32 Å². The van der Waals surface area contributed by atoms with Crippen molar-refractivity contribution in [3.63, 3.8) is 0 Å². The molecule has 0 saturated heterocycles. The molecule has 2 aromatic carbocycles. The number of carboxylic acid groups (broad SMARTS) is 1. The molecule has 0 aliphatic heterocycles. The lowest BCUT2D eigenvalue weighted by molar-refractivity contribution is -0.139. The first-order chi connectivity index (χ1) is 10.1. The minimum absolute atomic E-state index is 0.0304. The number of carboxylic acids is 1. The van der Waals surface area contributed by atoms with E-state index < -0.39 is 12.0 Å². The van der Waals surface area contributed by atoms with Crippen molar-refractivity contribution in [2.75, 3.05) is 0 Å². The molecule has 0 amide bonds. The Morgan fingerprint density at radius 1 is 1.05 bits per heavy atom. The van der Waals surface area contributed by atoms with Crippen LogP contribution in [-0.4, -0.2) is 11.1 Å². The summed E-state index contributed by atoms with van der Waals surface area (Å²) in [6.45, 7) is 4.10. The molecule has 2 atom stereocenters. The summed E-state index contributed by atoms with van der Waals surface area (Å²) in [5, 5.41) is 12.6. The van der Waals surface area contributed by atoms with E-state index >= 15 is 0 Å². The van der Waals surface area contributed by atoms with Crippen LogP contribution in [0.3, 0.4) is 0 Å². The Morgan fingerprint density at radius 3 is 2.19 bits per heavy atom. The van der Waals surface area contributed by atoms with Crippen molar-refractivity contribution in [1.82, 2.24) is 5.32 Å². The van der Waals surface area contributed by atoms with Gasteiger partial charge < -0.3 is 5.11 Å². The van der Waals surface area contributed by atoms with Crippen molar-refractivity contribution < 1.29 is 9.90 Å². The van der Waals surface area contributed by atoms with Gasteiger partial charge in [-0.2, -0.15) is 0 Å². The molecule has 0 aliphatic carbocycles. The average molecular weight is 283 g/mol. The quantitative estimate of drug-likeness (QED) is 0.849. The Hall–Kier alpha value is -2.13. The Labute approximate surface area is 125 Å². The smallest absolute Gasteiger partial charge is 0.325 e. The first-order valence-electron chi connectivity index (χ1n) is 7.24. The minimum Gasteiger partial charge on any atom is -0.480 e. The summed E-state index contributed by atoms with van der Waals surface area (Å²) < 4.78 is 0. The molecule has 0 aliphatic rings. The highest BCUT2D eigenvalue weighted by Gasteiger charge is 2.21. The molecule has 0 saturated carbocycles. The number of aliphatic carboxylic acids is 1. The van der Waals surface area contributed by atoms with Gasteiger partial charge in [0.05, 0.1) is 0 Å². The van der Waals surface area contributed by atoms with E-state index in [-0.39, 0.29) is 6.04 Å².